The average molecular weight is 391 g/mol. The largest absolute Gasteiger partial charge is 0.371 e. The second-order valence-electron chi connectivity index (χ2n) is 8.87. The van der Waals surface area contributed by atoms with Crippen molar-refractivity contribution in [2.24, 2.45) is 5.92 Å². The van der Waals surface area contributed by atoms with E-state index in [1.165, 1.54) is 29.7 Å². The Morgan fingerprint density at radius 3 is 2.52 bits per heavy atom. The molecular formula is C25H30N2O2. The molecule has 5 rings (SSSR count). The predicted molar refractivity (Wildman–Crippen MR) is 115 cm³/mol. The van der Waals surface area contributed by atoms with Crippen molar-refractivity contribution in [1.29, 1.82) is 0 Å². The molecule has 0 aromatic heterocycles. The van der Waals surface area contributed by atoms with Gasteiger partial charge in [-0.05, 0) is 61.3 Å². The van der Waals surface area contributed by atoms with Gasteiger partial charge < -0.3 is 15.0 Å². The quantitative estimate of drug-likeness (QED) is 0.838. The number of amides is 1. The van der Waals surface area contributed by atoms with Gasteiger partial charge in [-0.25, -0.2) is 0 Å². The van der Waals surface area contributed by atoms with E-state index in [0.29, 0.717) is 12.3 Å². The van der Waals surface area contributed by atoms with Gasteiger partial charge in [0.05, 0.1) is 18.1 Å². The summed E-state index contributed by atoms with van der Waals surface area (Å²) >= 11 is 0. The molecule has 1 atom stereocenters. The molecule has 0 bridgehead atoms. The zero-order chi connectivity index (χ0) is 19.7. The van der Waals surface area contributed by atoms with E-state index in [1.54, 1.807) is 0 Å². The molecule has 2 aromatic carbocycles. The van der Waals surface area contributed by atoms with Crippen LogP contribution in [0.1, 0.15) is 43.2 Å². The highest BCUT2D eigenvalue weighted by Gasteiger charge is 2.44. The van der Waals surface area contributed by atoms with E-state index in [1.807, 2.05) is 0 Å². The van der Waals surface area contributed by atoms with E-state index < -0.39 is 0 Å². The van der Waals surface area contributed by atoms with Crippen molar-refractivity contribution >= 4 is 11.6 Å². The smallest absolute Gasteiger partial charge is 0.222 e. The summed E-state index contributed by atoms with van der Waals surface area (Å²) in [6, 6.07) is 19.3. The van der Waals surface area contributed by atoms with Gasteiger partial charge >= 0.3 is 0 Å². The topological polar surface area (TPSA) is 41.6 Å². The first-order chi connectivity index (χ1) is 14.2. The molecule has 2 fully saturated rings. The number of carbonyl (C=O) groups excluding carboxylic acids is 1. The first-order valence-corrected chi connectivity index (χ1v) is 11.0. The van der Waals surface area contributed by atoms with Crippen molar-refractivity contribution in [1.82, 2.24) is 5.32 Å². The number of rotatable bonds is 5. The molecule has 2 heterocycles. The van der Waals surface area contributed by atoms with Crippen molar-refractivity contribution < 1.29 is 9.53 Å². The number of ether oxygens (including phenoxy) is 1. The molecule has 1 saturated heterocycles. The number of carbonyl (C=O) groups is 1. The van der Waals surface area contributed by atoms with E-state index in [9.17, 15) is 4.79 Å². The molecule has 1 spiro atoms. The van der Waals surface area contributed by atoms with Crippen LogP contribution in [0.4, 0.5) is 5.69 Å². The lowest BCUT2D eigenvalue weighted by atomic mass is 9.77. The molecule has 3 aliphatic rings. The molecule has 1 amide bonds. The number of para-hydroxylation sites is 1. The monoisotopic (exact) mass is 390 g/mol. The third-order valence-corrected chi connectivity index (χ3v) is 6.74. The highest BCUT2D eigenvalue weighted by molar-refractivity contribution is 5.76. The number of nitrogens with zero attached hydrogens (tertiary/aromatic N) is 1. The Hall–Kier alpha value is -2.33. The molecule has 4 nitrogen and oxygen atoms in total. The van der Waals surface area contributed by atoms with Crippen LogP contribution in [-0.2, 0) is 21.6 Å². The molecule has 29 heavy (non-hydrogen) atoms. The zero-order valence-corrected chi connectivity index (χ0v) is 17.0. The average Bonchev–Trinajstić information content (AvgIpc) is 3.58. The summed E-state index contributed by atoms with van der Waals surface area (Å²) in [5.74, 6) is 0.846. The lowest BCUT2D eigenvalue weighted by Gasteiger charge is -2.48. The maximum absolute atomic E-state index is 12.5. The third-order valence-electron chi connectivity index (χ3n) is 6.74. The minimum Gasteiger partial charge on any atom is -0.371 e. The van der Waals surface area contributed by atoms with Gasteiger partial charge in [0.15, 0.2) is 0 Å². The summed E-state index contributed by atoms with van der Waals surface area (Å²) < 4.78 is 6.73. The van der Waals surface area contributed by atoms with E-state index in [-0.39, 0.29) is 17.6 Å². The highest BCUT2D eigenvalue weighted by atomic mass is 16.5. The molecule has 4 heteroatoms. The van der Waals surface area contributed by atoms with Gasteiger partial charge in [-0.1, -0.05) is 42.5 Å². The Morgan fingerprint density at radius 2 is 1.76 bits per heavy atom. The standard InChI is InChI=1S/C25H30N2O2/c28-24(26-18-19-10-11-19)17-22-16-20-6-4-5-9-23(20)25(29-22)12-14-27(15-13-25)21-7-2-1-3-8-21/h1-9,19,22H,10-18H2,(H,26,28). The third kappa shape index (κ3) is 4.04. The van der Waals surface area contributed by atoms with Crippen molar-refractivity contribution in [3.8, 4) is 0 Å². The number of piperidine rings is 1. The molecule has 1 aliphatic carbocycles. The Kier molecular flexibility index (Phi) is 5.04. The van der Waals surface area contributed by atoms with Crippen LogP contribution in [0.3, 0.4) is 0 Å². The molecule has 152 valence electrons. The van der Waals surface area contributed by atoms with E-state index >= 15 is 0 Å². The number of hydrogen-bond donors (Lipinski definition) is 1. The maximum Gasteiger partial charge on any atom is 0.222 e. The molecule has 1 saturated carbocycles. The summed E-state index contributed by atoms with van der Waals surface area (Å²) in [6.45, 7) is 2.78. The van der Waals surface area contributed by atoms with Crippen LogP contribution in [0.5, 0.6) is 0 Å². The summed E-state index contributed by atoms with van der Waals surface area (Å²) in [4.78, 5) is 14.9. The fourth-order valence-corrected chi connectivity index (χ4v) is 4.94. The minimum atomic E-state index is -0.262. The van der Waals surface area contributed by atoms with Crippen molar-refractivity contribution in [2.45, 2.75) is 50.2 Å². The fraction of sp³-hybridized carbons (Fsp3) is 0.480. The number of nitrogens with one attached hydrogen (secondary N) is 1. The van der Waals surface area contributed by atoms with Crippen molar-refractivity contribution in [2.75, 3.05) is 24.5 Å². The predicted octanol–water partition coefficient (Wildman–Crippen LogP) is 4.04. The molecule has 1 N–H and O–H groups in total. The highest BCUT2D eigenvalue weighted by Crippen LogP contribution is 2.44. The lowest BCUT2D eigenvalue weighted by molar-refractivity contribution is -0.141. The molecule has 2 aromatic rings. The molecular weight excluding hydrogens is 360 g/mol. The van der Waals surface area contributed by atoms with Gasteiger partial charge in [0.25, 0.3) is 0 Å². The summed E-state index contributed by atoms with van der Waals surface area (Å²) in [5.41, 5.74) is 3.71. The Morgan fingerprint density at radius 1 is 1.03 bits per heavy atom. The number of fused-ring (bicyclic) bond motifs is 2. The van der Waals surface area contributed by atoms with Crippen LogP contribution < -0.4 is 10.2 Å². The number of hydrogen-bond acceptors (Lipinski definition) is 3. The maximum atomic E-state index is 12.5. The number of anilines is 1. The van der Waals surface area contributed by atoms with Gasteiger partial charge in [-0.15, -0.1) is 0 Å². The van der Waals surface area contributed by atoms with Gasteiger partial charge in [0, 0.05) is 25.3 Å². The normalized spacial score (nSPS) is 22.9. The van der Waals surface area contributed by atoms with Crippen LogP contribution in [0.15, 0.2) is 54.6 Å². The SMILES string of the molecule is O=C(CC1Cc2ccccc2C2(CCN(c3ccccc3)CC2)O1)NCC1CC1. The number of benzene rings is 2. The van der Waals surface area contributed by atoms with Crippen LogP contribution >= 0.6 is 0 Å². The summed E-state index contributed by atoms with van der Waals surface area (Å²) in [7, 11) is 0. The van der Waals surface area contributed by atoms with Crippen LogP contribution in [0.2, 0.25) is 0 Å². The second-order valence-corrected chi connectivity index (χ2v) is 8.87. The van der Waals surface area contributed by atoms with Crippen LogP contribution in [-0.4, -0.2) is 31.6 Å². The van der Waals surface area contributed by atoms with Gasteiger partial charge in [0.1, 0.15) is 0 Å². The molecule has 1 unspecified atom stereocenters. The van der Waals surface area contributed by atoms with Gasteiger partial charge in [0.2, 0.25) is 5.91 Å². The Labute approximate surface area is 173 Å². The van der Waals surface area contributed by atoms with Crippen LogP contribution in [0.25, 0.3) is 0 Å². The van der Waals surface area contributed by atoms with E-state index in [2.05, 4.69) is 64.8 Å². The fourth-order valence-electron chi connectivity index (χ4n) is 4.94. The van der Waals surface area contributed by atoms with Crippen LogP contribution in [0, 0.1) is 5.92 Å². The summed E-state index contributed by atoms with van der Waals surface area (Å²) in [6.07, 6.45) is 5.69. The van der Waals surface area contributed by atoms with Crippen molar-refractivity contribution in [3.05, 3.63) is 65.7 Å². The zero-order valence-electron chi connectivity index (χ0n) is 17.0. The Balaban J connectivity index is 1.31. The Bertz CT molecular complexity index is 854. The van der Waals surface area contributed by atoms with Crippen molar-refractivity contribution in [3.63, 3.8) is 0 Å². The first-order valence-electron chi connectivity index (χ1n) is 11.0. The lowest BCUT2D eigenvalue weighted by Crippen LogP contribution is -2.49. The first kappa shape index (κ1) is 18.7. The second kappa shape index (κ2) is 7.83. The van der Waals surface area contributed by atoms with Gasteiger partial charge in [-0.2, -0.15) is 0 Å². The van der Waals surface area contributed by atoms with E-state index in [0.717, 1.165) is 38.9 Å². The minimum absolute atomic E-state index is 0.0348. The van der Waals surface area contributed by atoms with E-state index in [4.69, 9.17) is 4.74 Å². The molecule has 0 radical (unpaired) electrons. The van der Waals surface area contributed by atoms with Gasteiger partial charge in [-0.3, -0.25) is 4.79 Å². The summed E-state index contributed by atoms with van der Waals surface area (Å²) in [5, 5.41) is 3.11. The molecule has 2 aliphatic heterocycles.